The molecule has 0 aliphatic carbocycles. The first-order chi connectivity index (χ1) is 7.95. The van der Waals surface area contributed by atoms with Crippen molar-refractivity contribution < 1.29 is 13.6 Å². The summed E-state index contributed by atoms with van der Waals surface area (Å²) in [6.45, 7) is 3.52. The normalized spacial score (nSPS) is 12.0. The van der Waals surface area contributed by atoms with E-state index in [1.807, 2.05) is 6.07 Å². The third kappa shape index (κ3) is 3.25. The predicted octanol–water partition coefficient (Wildman–Crippen LogP) is 2.24. The van der Waals surface area contributed by atoms with E-state index in [1.54, 1.807) is 13.8 Å². The standard InChI is InChI=1S/C12H12F2N2O/c1-7(2)11(6-15)16-12(17)9-4-3-8(13)5-10(9)14/h3-5,7,11H,1-2H3,(H,16,17). The Morgan fingerprint density at radius 1 is 1.41 bits per heavy atom. The molecular weight excluding hydrogens is 226 g/mol. The van der Waals surface area contributed by atoms with Crippen molar-refractivity contribution in [2.75, 3.05) is 0 Å². The van der Waals surface area contributed by atoms with Gasteiger partial charge < -0.3 is 5.32 Å². The maximum atomic E-state index is 13.3. The highest BCUT2D eigenvalue weighted by Crippen LogP contribution is 2.10. The van der Waals surface area contributed by atoms with Gasteiger partial charge in [-0.15, -0.1) is 0 Å². The molecule has 17 heavy (non-hydrogen) atoms. The predicted molar refractivity (Wildman–Crippen MR) is 58.1 cm³/mol. The summed E-state index contributed by atoms with van der Waals surface area (Å²) in [6, 6.07) is 3.88. The average molecular weight is 238 g/mol. The topological polar surface area (TPSA) is 52.9 Å². The first-order valence-electron chi connectivity index (χ1n) is 5.11. The molecule has 5 heteroatoms. The molecule has 0 aromatic heterocycles. The number of nitrogens with one attached hydrogen (secondary N) is 1. The molecule has 0 heterocycles. The van der Waals surface area contributed by atoms with Crippen LogP contribution >= 0.6 is 0 Å². The molecule has 90 valence electrons. The van der Waals surface area contributed by atoms with E-state index in [9.17, 15) is 13.6 Å². The van der Waals surface area contributed by atoms with Gasteiger partial charge in [-0.25, -0.2) is 8.78 Å². The van der Waals surface area contributed by atoms with E-state index in [1.165, 1.54) is 0 Å². The first kappa shape index (κ1) is 13.1. The molecule has 0 fully saturated rings. The fourth-order valence-corrected chi connectivity index (χ4v) is 1.24. The van der Waals surface area contributed by atoms with Crippen LogP contribution in [0.25, 0.3) is 0 Å². The van der Waals surface area contributed by atoms with E-state index in [0.29, 0.717) is 6.07 Å². The van der Waals surface area contributed by atoms with Gasteiger partial charge in [-0.2, -0.15) is 5.26 Å². The summed E-state index contributed by atoms with van der Waals surface area (Å²) in [6.07, 6.45) is 0. The van der Waals surface area contributed by atoms with E-state index >= 15 is 0 Å². The molecule has 0 bridgehead atoms. The van der Waals surface area contributed by atoms with Crippen LogP contribution < -0.4 is 5.32 Å². The maximum Gasteiger partial charge on any atom is 0.255 e. The van der Waals surface area contributed by atoms with Gasteiger partial charge in [-0.05, 0) is 18.1 Å². The summed E-state index contributed by atoms with van der Waals surface area (Å²) < 4.78 is 25.9. The molecule has 1 unspecified atom stereocenters. The Balaban J connectivity index is 2.87. The van der Waals surface area contributed by atoms with Crippen molar-refractivity contribution >= 4 is 5.91 Å². The van der Waals surface area contributed by atoms with Crippen molar-refractivity contribution in [1.29, 1.82) is 5.26 Å². The number of amides is 1. The number of nitrogens with zero attached hydrogens (tertiary/aromatic N) is 1. The minimum atomic E-state index is -0.942. The van der Waals surface area contributed by atoms with E-state index < -0.39 is 23.6 Å². The fourth-order valence-electron chi connectivity index (χ4n) is 1.24. The summed E-state index contributed by atoms with van der Waals surface area (Å²) in [5.74, 6) is -2.50. The molecular formula is C12H12F2N2O. The van der Waals surface area contributed by atoms with E-state index in [0.717, 1.165) is 12.1 Å². The third-order valence-electron chi connectivity index (χ3n) is 2.27. The zero-order chi connectivity index (χ0) is 13.0. The number of hydrogen-bond acceptors (Lipinski definition) is 2. The van der Waals surface area contributed by atoms with Gasteiger partial charge in [0.05, 0.1) is 11.6 Å². The summed E-state index contributed by atoms with van der Waals surface area (Å²) in [5, 5.41) is 11.2. The fraction of sp³-hybridized carbons (Fsp3) is 0.333. The van der Waals surface area contributed by atoms with Gasteiger partial charge in [-0.1, -0.05) is 13.8 Å². The summed E-state index contributed by atoms with van der Waals surface area (Å²) >= 11 is 0. The highest BCUT2D eigenvalue weighted by molar-refractivity contribution is 5.94. The molecule has 1 atom stereocenters. The maximum absolute atomic E-state index is 13.3. The SMILES string of the molecule is CC(C)C(C#N)NC(=O)c1ccc(F)cc1F. The van der Waals surface area contributed by atoms with Crippen LogP contribution in [0.3, 0.4) is 0 Å². The number of rotatable bonds is 3. The van der Waals surface area contributed by atoms with Gasteiger partial charge >= 0.3 is 0 Å². The quantitative estimate of drug-likeness (QED) is 0.878. The summed E-state index contributed by atoms with van der Waals surface area (Å²) in [5.41, 5.74) is -0.271. The van der Waals surface area contributed by atoms with Crippen molar-refractivity contribution in [2.24, 2.45) is 5.92 Å². The van der Waals surface area contributed by atoms with Crippen LogP contribution in [0, 0.1) is 28.9 Å². The van der Waals surface area contributed by atoms with Gasteiger partial charge in [0.25, 0.3) is 5.91 Å². The Morgan fingerprint density at radius 2 is 2.06 bits per heavy atom. The molecule has 0 spiro atoms. The Kier molecular flexibility index (Phi) is 4.16. The number of nitriles is 1. The van der Waals surface area contributed by atoms with Gasteiger partial charge in [0.1, 0.15) is 17.7 Å². The molecule has 1 amide bonds. The lowest BCUT2D eigenvalue weighted by molar-refractivity contribution is 0.0933. The van der Waals surface area contributed by atoms with Crippen LogP contribution in [0.4, 0.5) is 8.78 Å². The molecule has 1 N–H and O–H groups in total. The molecule has 0 saturated heterocycles. The monoisotopic (exact) mass is 238 g/mol. The molecule has 1 aromatic rings. The van der Waals surface area contributed by atoms with Crippen LogP contribution in [-0.4, -0.2) is 11.9 Å². The lowest BCUT2D eigenvalue weighted by Crippen LogP contribution is -2.37. The number of hydrogen-bond donors (Lipinski definition) is 1. The number of benzene rings is 1. The molecule has 3 nitrogen and oxygen atoms in total. The van der Waals surface area contributed by atoms with Crippen molar-refractivity contribution in [3.05, 3.63) is 35.4 Å². The average Bonchev–Trinajstić information content (AvgIpc) is 2.24. The molecule has 0 saturated carbocycles. The lowest BCUT2D eigenvalue weighted by Gasteiger charge is -2.15. The zero-order valence-electron chi connectivity index (χ0n) is 9.50. The van der Waals surface area contributed by atoms with Crippen molar-refractivity contribution in [1.82, 2.24) is 5.32 Å². The Bertz CT molecular complexity index is 466. The van der Waals surface area contributed by atoms with Gasteiger partial charge in [0.15, 0.2) is 0 Å². The second kappa shape index (κ2) is 5.39. The molecule has 0 aliphatic heterocycles. The van der Waals surface area contributed by atoms with E-state index in [-0.39, 0.29) is 11.5 Å². The van der Waals surface area contributed by atoms with E-state index in [4.69, 9.17) is 5.26 Å². The first-order valence-corrected chi connectivity index (χ1v) is 5.11. The number of halogens is 2. The van der Waals surface area contributed by atoms with Crippen LogP contribution in [0.15, 0.2) is 18.2 Å². The Labute approximate surface area is 98.1 Å². The number of carbonyl (C=O) groups is 1. The lowest BCUT2D eigenvalue weighted by atomic mass is 10.1. The second-order valence-electron chi connectivity index (χ2n) is 3.95. The Hall–Kier alpha value is -1.96. The van der Waals surface area contributed by atoms with Crippen LogP contribution in [0.5, 0.6) is 0 Å². The highest BCUT2D eigenvalue weighted by atomic mass is 19.1. The number of carbonyl (C=O) groups excluding carboxylic acids is 1. The largest absolute Gasteiger partial charge is 0.336 e. The second-order valence-corrected chi connectivity index (χ2v) is 3.95. The minimum Gasteiger partial charge on any atom is -0.336 e. The zero-order valence-corrected chi connectivity index (χ0v) is 9.50. The molecule has 1 rings (SSSR count). The van der Waals surface area contributed by atoms with Gasteiger partial charge in [-0.3, -0.25) is 4.79 Å². The third-order valence-corrected chi connectivity index (χ3v) is 2.27. The van der Waals surface area contributed by atoms with Crippen LogP contribution in [0.2, 0.25) is 0 Å². The minimum absolute atomic E-state index is 0.0903. The summed E-state index contributed by atoms with van der Waals surface area (Å²) in [4.78, 5) is 11.6. The van der Waals surface area contributed by atoms with E-state index in [2.05, 4.69) is 5.32 Å². The summed E-state index contributed by atoms with van der Waals surface area (Å²) in [7, 11) is 0. The van der Waals surface area contributed by atoms with Crippen molar-refractivity contribution in [2.45, 2.75) is 19.9 Å². The molecule has 1 aromatic carbocycles. The smallest absolute Gasteiger partial charge is 0.255 e. The van der Waals surface area contributed by atoms with Crippen LogP contribution in [-0.2, 0) is 0 Å². The molecule has 0 radical (unpaired) electrons. The Morgan fingerprint density at radius 3 is 2.53 bits per heavy atom. The van der Waals surface area contributed by atoms with Crippen molar-refractivity contribution in [3.63, 3.8) is 0 Å². The van der Waals surface area contributed by atoms with Crippen molar-refractivity contribution in [3.8, 4) is 6.07 Å². The van der Waals surface area contributed by atoms with Gasteiger partial charge in [0.2, 0.25) is 0 Å². The van der Waals surface area contributed by atoms with Gasteiger partial charge in [0, 0.05) is 6.07 Å². The molecule has 0 aliphatic rings. The van der Waals surface area contributed by atoms with Crippen LogP contribution in [0.1, 0.15) is 24.2 Å². The highest BCUT2D eigenvalue weighted by Gasteiger charge is 2.18.